The highest BCUT2D eigenvalue weighted by molar-refractivity contribution is 5.88. The zero-order valence-electron chi connectivity index (χ0n) is 14.4. The zero-order valence-corrected chi connectivity index (χ0v) is 14.4. The molecule has 0 saturated heterocycles. The van der Waals surface area contributed by atoms with Crippen LogP contribution in [-0.4, -0.2) is 22.5 Å². The van der Waals surface area contributed by atoms with Gasteiger partial charge in [0.25, 0.3) is 5.91 Å². The van der Waals surface area contributed by atoms with Crippen molar-refractivity contribution in [2.45, 2.75) is 27.7 Å². The first-order valence-electron chi connectivity index (χ1n) is 7.86. The van der Waals surface area contributed by atoms with Gasteiger partial charge in [-0.2, -0.15) is 0 Å². The minimum absolute atomic E-state index is 0.159. The highest BCUT2D eigenvalue weighted by Gasteiger charge is 2.16. The van der Waals surface area contributed by atoms with Gasteiger partial charge in [-0.25, -0.2) is 4.98 Å². The molecule has 0 saturated carbocycles. The Labute approximate surface area is 140 Å². The third-order valence-corrected chi connectivity index (χ3v) is 4.63. The van der Waals surface area contributed by atoms with Gasteiger partial charge in [0.1, 0.15) is 11.6 Å². The number of hydrogen-bond acceptors (Lipinski definition) is 3. The Kier molecular flexibility index (Phi) is 4.01. The van der Waals surface area contributed by atoms with Gasteiger partial charge in [-0.05, 0) is 62.1 Å². The number of hydrogen-bond donors (Lipinski definition) is 2. The summed E-state index contributed by atoms with van der Waals surface area (Å²) in [6.45, 7) is 8.27. The molecule has 1 heterocycles. The van der Waals surface area contributed by atoms with Crippen molar-refractivity contribution in [3.05, 3.63) is 46.5 Å². The molecule has 1 amide bonds. The van der Waals surface area contributed by atoms with Gasteiger partial charge in [-0.15, -0.1) is 0 Å². The summed E-state index contributed by atoms with van der Waals surface area (Å²) in [4.78, 5) is 19.2. The van der Waals surface area contributed by atoms with E-state index in [-0.39, 0.29) is 6.61 Å². The Bertz CT molecular complexity index is 896. The predicted octanol–water partition coefficient (Wildman–Crippen LogP) is 3.33. The van der Waals surface area contributed by atoms with Crippen molar-refractivity contribution >= 4 is 16.9 Å². The number of H-pyrrole nitrogens is 1. The van der Waals surface area contributed by atoms with Crippen LogP contribution in [0.5, 0.6) is 5.75 Å². The van der Waals surface area contributed by atoms with Gasteiger partial charge >= 0.3 is 0 Å². The summed E-state index contributed by atoms with van der Waals surface area (Å²) in [7, 11) is 0. The molecule has 0 fully saturated rings. The fourth-order valence-electron chi connectivity index (χ4n) is 2.91. The summed E-state index contributed by atoms with van der Waals surface area (Å²) >= 11 is 0. The first-order valence-corrected chi connectivity index (χ1v) is 7.86. The van der Waals surface area contributed by atoms with E-state index in [0.29, 0.717) is 5.75 Å². The Morgan fingerprint density at radius 1 is 1.08 bits per heavy atom. The van der Waals surface area contributed by atoms with Crippen molar-refractivity contribution in [2.24, 2.45) is 5.73 Å². The molecule has 124 valence electrons. The Hall–Kier alpha value is -2.82. The lowest BCUT2D eigenvalue weighted by molar-refractivity contribution is -0.119. The maximum absolute atomic E-state index is 11.0. The number of primary amides is 1. The number of benzene rings is 2. The number of carbonyl (C=O) groups excluding carboxylic acids is 1. The highest BCUT2D eigenvalue weighted by atomic mass is 16.5. The molecule has 3 N–H and O–H groups in total. The minimum atomic E-state index is -0.507. The molecule has 0 radical (unpaired) electrons. The lowest BCUT2D eigenvalue weighted by atomic mass is 9.98. The van der Waals surface area contributed by atoms with Gasteiger partial charge in [0.15, 0.2) is 6.61 Å². The molecule has 3 rings (SSSR count). The summed E-state index contributed by atoms with van der Waals surface area (Å²) in [6, 6.07) is 7.49. The van der Waals surface area contributed by atoms with Crippen LogP contribution in [0.15, 0.2) is 24.3 Å². The van der Waals surface area contributed by atoms with E-state index in [1.165, 1.54) is 22.3 Å². The average molecular weight is 323 g/mol. The van der Waals surface area contributed by atoms with Gasteiger partial charge in [-0.3, -0.25) is 4.79 Å². The fourth-order valence-corrected chi connectivity index (χ4v) is 2.91. The van der Waals surface area contributed by atoms with Crippen molar-refractivity contribution in [1.82, 2.24) is 9.97 Å². The maximum Gasteiger partial charge on any atom is 0.255 e. The van der Waals surface area contributed by atoms with E-state index in [9.17, 15) is 4.79 Å². The number of rotatable bonds is 4. The number of carbonyl (C=O) groups is 1. The van der Waals surface area contributed by atoms with Crippen LogP contribution < -0.4 is 10.5 Å². The van der Waals surface area contributed by atoms with E-state index >= 15 is 0 Å². The van der Waals surface area contributed by atoms with E-state index in [1.54, 1.807) is 0 Å². The standard InChI is InChI=1S/C19H21N3O2/c1-10-11(2)13(4)18-17(12(10)3)21-19(22-18)14-7-5-6-8-15(14)24-9-16(20)23/h5-8H,9H2,1-4H3,(H2,20,23)(H,21,22). The summed E-state index contributed by atoms with van der Waals surface area (Å²) in [6.07, 6.45) is 0. The van der Waals surface area contributed by atoms with E-state index < -0.39 is 5.91 Å². The first kappa shape index (κ1) is 16.1. The van der Waals surface area contributed by atoms with E-state index in [1.807, 2.05) is 24.3 Å². The Balaban J connectivity index is 2.16. The van der Waals surface area contributed by atoms with Crippen LogP contribution in [0.25, 0.3) is 22.4 Å². The third-order valence-electron chi connectivity index (χ3n) is 4.63. The lowest BCUT2D eigenvalue weighted by Gasteiger charge is -2.09. The molecule has 0 bridgehead atoms. The molecule has 0 aliphatic rings. The number of aryl methyl sites for hydroxylation is 2. The second-order valence-corrected chi connectivity index (χ2v) is 6.06. The Morgan fingerprint density at radius 2 is 1.75 bits per heavy atom. The average Bonchev–Trinajstić information content (AvgIpc) is 3.02. The molecule has 24 heavy (non-hydrogen) atoms. The van der Waals surface area contributed by atoms with E-state index in [0.717, 1.165) is 22.4 Å². The molecule has 2 aromatic carbocycles. The van der Waals surface area contributed by atoms with Crippen molar-refractivity contribution in [3.63, 3.8) is 0 Å². The molecule has 0 unspecified atom stereocenters. The van der Waals surface area contributed by atoms with E-state index in [4.69, 9.17) is 15.5 Å². The molecule has 0 spiro atoms. The topological polar surface area (TPSA) is 81.0 Å². The number of nitrogens with one attached hydrogen (secondary N) is 1. The number of ether oxygens (including phenoxy) is 1. The van der Waals surface area contributed by atoms with Crippen LogP contribution in [0.1, 0.15) is 22.3 Å². The quantitative estimate of drug-likeness (QED) is 0.773. The van der Waals surface area contributed by atoms with Gasteiger partial charge < -0.3 is 15.5 Å². The third kappa shape index (κ3) is 2.62. The molecular weight excluding hydrogens is 302 g/mol. The van der Waals surface area contributed by atoms with Gasteiger partial charge in [0, 0.05) is 0 Å². The number of nitrogens with two attached hydrogens (primary N) is 1. The number of amides is 1. The second-order valence-electron chi connectivity index (χ2n) is 6.06. The lowest BCUT2D eigenvalue weighted by Crippen LogP contribution is -2.20. The molecule has 0 aliphatic carbocycles. The predicted molar refractivity (Wildman–Crippen MR) is 95.2 cm³/mol. The molecule has 0 aliphatic heterocycles. The monoisotopic (exact) mass is 323 g/mol. The van der Waals surface area contributed by atoms with Crippen LogP contribution >= 0.6 is 0 Å². The zero-order chi connectivity index (χ0) is 17.4. The summed E-state index contributed by atoms with van der Waals surface area (Å²) < 4.78 is 5.52. The largest absolute Gasteiger partial charge is 0.483 e. The highest BCUT2D eigenvalue weighted by Crippen LogP contribution is 2.33. The van der Waals surface area contributed by atoms with Crippen LogP contribution in [0.2, 0.25) is 0 Å². The number of fused-ring (bicyclic) bond motifs is 1. The van der Waals surface area contributed by atoms with Crippen molar-refractivity contribution in [2.75, 3.05) is 6.61 Å². The molecule has 0 atom stereocenters. The van der Waals surface area contributed by atoms with Crippen LogP contribution in [0, 0.1) is 27.7 Å². The van der Waals surface area contributed by atoms with E-state index in [2.05, 4.69) is 32.7 Å². The normalized spacial score (nSPS) is 11.0. The number of aromatic amines is 1. The number of para-hydroxylation sites is 1. The molecular formula is C19H21N3O2. The molecule has 5 heteroatoms. The van der Waals surface area contributed by atoms with Gasteiger partial charge in [-0.1, -0.05) is 12.1 Å². The van der Waals surface area contributed by atoms with Crippen LogP contribution in [0.4, 0.5) is 0 Å². The smallest absolute Gasteiger partial charge is 0.255 e. The fraction of sp³-hybridized carbons (Fsp3) is 0.263. The second kappa shape index (κ2) is 6.00. The van der Waals surface area contributed by atoms with Crippen LogP contribution in [0.3, 0.4) is 0 Å². The van der Waals surface area contributed by atoms with Crippen molar-refractivity contribution in [1.29, 1.82) is 0 Å². The summed E-state index contributed by atoms with van der Waals surface area (Å²) in [5.74, 6) is 0.799. The molecule has 3 aromatic rings. The van der Waals surface area contributed by atoms with Crippen molar-refractivity contribution in [3.8, 4) is 17.1 Å². The number of aromatic nitrogens is 2. The summed E-state index contributed by atoms with van der Waals surface area (Å²) in [5, 5.41) is 0. The van der Waals surface area contributed by atoms with Gasteiger partial charge in [0.2, 0.25) is 0 Å². The van der Waals surface area contributed by atoms with Gasteiger partial charge in [0.05, 0.1) is 16.6 Å². The first-order chi connectivity index (χ1) is 11.4. The van der Waals surface area contributed by atoms with Crippen LogP contribution in [-0.2, 0) is 4.79 Å². The molecule has 5 nitrogen and oxygen atoms in total. The maximum atomic E-state index is 11.0. The number of nitrogens with zero attached hydrogens (tertiary/aromatic N) is 1. The minimum Gasteiger partial charge on any atom is -0.483 e. The van der Waals surface area contributed by atoms with Crippen molar-refractivity contribution < 1.29 is 9.53 Å². The molecule has 1 aromatic heterocycles. The Morgan fingerprint density at radius 3 is 2.46 bits per heavy atom. The SMILES string of the molecule is Cc1c(C)c(C)c2[nH]c(-c3ccccc3OCC(N)=O)nc2c1C. The summed E-state index contributed by atoms with van der Waals surface area (Å²) in [5.41, 5.74) is 12.9. The number of imidazole rings is 1.